The van der Waals surface area contributed by atoms with Gasteiger partial charge < -0.3 is 9.84 Å². The molecule has 2 saturated carbocycles. The van der Waals surface area contributed by atoms with Gasteiger partial charge in [0.05, 0.1) is 12.0 Å². The number of ether oxygens (including phenoxy) is 1. The number of carbonyl (C=O) groups excluding carboxylic acids is 2. The maximum Gasteiger partial charge on any atom is 0.309 e. The maximum atomic E-state index is 12.1. The lowest BCUT2D eigenvalue weighted by Crippen LogP contribution is -2.58. The van der Waals surface area contributed by atoms with E-state index in [2.05, 4.69) is 6.92 Å². The quantitative estimate of drug-likeness (QED) is 0.676. The highest BCUT2D eigenvalue weighted by Gasteiger charge is 2.61. The molecule has 0 aromatic rings. The third-order valence-corrected chi connectivity index (χ3v) is 6.02. The Morgan fingerprint density at radius 1 is 1.26 bits per heavy atom. The molecule has 0 aromatic heterocycles. The summed E-state index contributed by atoms with van der Waals surface area (Å²) >= 11 is 0. The van der Waals surface area contributed by atoms with E-state index in [0.29, 0.717) is 0 Å². The molecule has 1 saturated heterocycles. The van der Waals surface area contributed by atoms with E-state index < -0.39 is 6.10 Å². The molecule has 1 N–H and O–H groups in total. The van der Waals surface area contributed by atoms with Crippen LogP contribution in [0.25, 0.3) is 0 Å². The largest absolute Gasteiger partial charge is 0.461 e. The molecular weight excluding hydrogens is 244 g/mol. The van der Waals surface area contributed by atoms with Gasteiger partial charge in [0.1, 0.15) is 11.9 Å². The van der Waals surface area contributed by atoms with E-state index in [1.807, 2.05) is 13.8 Å². The molecule has 4 heteroatoms. The highest BCUT2D eigenvalue weighted by Crippen LogP contribution is 2.56. The highest BCUT2D eigenvalue weighted by atomic mass is 16.6. The third-order valence-electron chi connectivity index (χ3n) is 6.02. The van der Waals surface area contributed by atoms with Gasteiger partial charge in [-0.05, 0) is 12.8 Å². The lowest BCUT2D eigenvalue weighted by Gasteiger charge is -2.53. The van der Waals surface area contributed by atoms with Gasteiger partial charge in [-0.15, -0.1) is 0 Å². The Labute approximate surface area is 113 Å². The molecule has 0 amide bonds. The Balaban J connectivity index is 1.99. The molecule has 1 heterocycles. The highest BCUT2D eigenvalue weighted by molar-refractivity contribution is 5.83. The van der Waals surface area contributed by atoms with Gasteiger partial charge in [0.25, 0.3) is 0 Å². The predicted octanol–water partition coefficient (Wildman–Crippen LogP) is 1.55. The molecule has 106 valence electrons. The first-order chi connectivity index (χ1) is 8.86. The number of fused-ring (bicyclic) bond motifs is 3. The number of carbonyl (C=O) groups is 2. The summed E-state index contributed by atoms with van der Waals surface area (Å²) in [5.41, 5.74) is -0.293. The van der Waals surface area contributed by atoms with Crippen LogP contribution in [-0.2, 0) is 14.3 Å². The second kappa shape index (κ2) is 4.05. The Hall–Kier alpha value is -0.900. The summed E-state index contributed by atoms with van der Waals surface area (Å²) in [6.07, 6.45) is 1.24. The Kier molecular flexibility index (Phi) is 2.79. The van der Waals surface area contributed by atoms with Crippen molar-refractivity contribution < 1.29 is 19.4 Å². The van der Waals surface area contributed by atoms with Crippen molar-refractivity contribution in [3.8, 4) is 0 Å². The first kappa shape index (κ1) is 13.1. The minimum Gasteiger partial charge on any atom is -0.461 e. The number of Topliss-reactive ketones (excluding diaryl/α,β-unsaturated/α-hetero) is 1. The van der Waals surface area contributed by atoms with Gasteiger partial charge in [-0.2, -0.15) is 0 Å². The first-order valence-electron chi connectivity index (χ1n) is 7.27. The van der Waals surface area contributed by atoms with E-state index in [9.17, 15) is 14.7 Å². The Bertz CT molecular complexity index is 432. The fourth-order valence-electron chi connectivity index (χ4n) is 4.62. The zero-order valence-corrected chi connectivity index (χ0v) is 11.8. The van der Waals surface area contributed by atoms with Crippen LogP contribution in [0, 0.1) is 29.1 Å². The van der Waals surface area contributed by atoms with Gasteiger partial charge in [0.2, 0.25) is 0 Å². The molecule has 3 rings (SSSR count). The number of esters is 1. The number of ketones is 1. The molecule has 0 bridgehead atoms. The van der Waals surface area contributed by atoms with Crippen molar-refractivity contribution >= 4 is 11.8 Å². The zero-order valence-electron chi connectivity index (χ0n) is 11.8. The van der Waals surface area contributed by atoms with E-state index in [4.69, 9.17) is 4.74 Å². The van der Waals surface area contributed by atoms with Gasteiger partial charge >= 0.3 is 5.97 Å². The van der Waals surface area contributed by atoms with E-state index >= 15 is 0 Å². The monoisotopic (exact) mass is 266 g/mol. The number of hydrogen-bond acceptors (Lipinski definition) is 4. The molecule has 1 aliphatic heterocycles. The van der Waals surface area contributed by atoms with Crippen molar-refractivity contribution in [2.75, 3.05) is 0 Å². The summed E-state index contributed by atoms with van der Waals surface area (Å²) in [5.74, 6) is -0.0528. The van der Waals surface area contributed by atoms with Crippen molar-refractivity contribution in [3.05, 3.63) is 0 Å². The van der Waals surface area contributed by atoms with Crippen LogP contribution in [0.3, 0.4) is 0 Å². The average molecular weight is 266 g/mol. The minimum atomic E-state index is -0.600. The smallest absolute Gasteiger partial charge is 0.309 e. The summed E-state index contributed by atoms with van der Waals surface area (Å²) in [5, 5.41) is 10.3. The normalized spacial score (nSPS) is 53.5. The fraction of sp³-hybridized carbons (Fsp3) is 0.867. The van der Waals surface area contributed by atoms with Crippen molar-refractivity contribution in [1.29, 1.82) is 0 Å². The number of rotatable bonds is 0. The van der Waals surface area contributed by atoms with Crippen LogP contribution in [0.2, 0.25) is 0 Å². The van der Waals surface area contributed by atoms with Crippen LogP contribution in [0.4, 0.5) is 0 Å². The van der Waals surface area contributed by atoms with Gasteiger partial charge in [0, 0.05) is 29.6 Å². The van der Waals surface area contributed by atoms with E-state index in [1.54, 1.807) is 0 Å². The van der Waals surface area contributed by atoms with Gasteiger partial charge in [-0.3, -0.25) is 9.59 Å². The molecule has 3 aliphatic rings. The molecule has 0 radical (unpaired) electrons. The molecule has 2 aliphatic carbocycles. The van der Waals surface area contributed by atoms with Crippen LogP contribution >= 0.6 is 0 Å². The lowest BCUT2D eigenvalue weighted by atomic mass is 9.52. The average Bonchev–Trinajstić information content (AvgIpc) is 2.63. The molecule has 19 heavy (non-hydrogen) atoms. The van der Waals surface area contributed by atoms with E-state index in [0.717, 1.165) is 12.8 Å². The Morgan fingerprint density at radius 2 is 1.95 bits per heavy atom. The number of aliphatic hydroxyl groups excluding tert-OH is 1. The molecule has 0 aromatic carbocycles. The summed E-state index contributed by atoms with van der Waals surface area (Å²) in [7, 11) is 0. The summed E-state index contributed by atoms with van der Waals surface area (Å²) in [4.78, 5) is 23.9. The van der Waals surface area contributed by atoms with Gasteiger partial charge in [-0.1, -0.05) is 20.8 Å². The van der Waals surface area contributed by atoms with Crippen molar-refractivity contribution in [3.63, 3.8) is 0 Å². The van der Waals surface area contributed by atoms with Gasteiger partial charge in [0.15, 0.2) is 0 Å². The van der Waals surface area contributed by atoms with Crippen LogP contribution in [-0.4, -0.2) is 29.1 Å². The summed E-state index contributed by atoms with van der Waals surface area (Å²) in [6, 6.07) is 0. The van der Waals surface area contributed by atoms with E-state index in [-0.39, 0.29) is 53.4 Å². The maximum absolute atomic E-state index is 12.1. The summed E-state index contributed by atoms with van der Waals surface area (Å²) < 4.78 is 5.58. The molecule has 4 nitrogen and oxygen atoms in total. The van der Waals surface area contributed by atoms with Crippen molar-refractivity contribution in [1.82, 2.24) is 0 Å². The van der Waals surface area contributed by atoms with Gasteiger partial charge in [-0.25, -0.2) is 0 Å². The Morgan fingerprint density at radius 3 is 2.63 bits per heavy atom. The summed E-state index contributed by atoms with van der Waals surface area (Å²) in [6.45, 7) is 5.90. The van der Waals surface area contributed by atoms with Crippen LogP contribution < -0.4 is 0 Å². The minimum absolute atomic E-state index is 0.0311. The third kappa shape index (κ3) is 1.62. The standard InChI is InChI=1S/C15H22O4/c1-7-9-4-5-15(3)11(17)6-10(16)8(2)12(15)13(9)19-14(7)18/h7-9,11-13,17H,4-6H2,1-3H3. The molecule has 3 fully saturated rings. The second-order valence-corrected chi connectivity index (χ2v) is 6.90. The number of hydrogen-bond donors (Lipinski definition) is 1. The molecular formula is C15H22O4. The first-order valence-corrected chi connectivity index (χ1v) is 7.27. The molecule has 7 unspecified atom stereocenters. The lowest BCUT2D eigenvalue weighted by molar-refractivity contribution is -0.173. The van der Waals surface area contributed by atoms with Crippen LogP contribution in [0.1, 0.15) is 40.0 Å². The predicted molar refractivity (Wildman–Crippen MR) is 68.2 cm³/mol. The van der Waals surface area contributed by atoms with Crippen LogP contribution in [0.5, 0.6) is 0 Å². The fourth-order valence-corrected chi connectivity index (χ4v) is 4.62. The molecule has 7 atom stereocenters. The second-order valence-electron chi connectivity index (χ2n) is 6.90. The van der Waals surface area contributed by atoms with Crippen LogP contribution in [0.15, 0.2) is 0 Å². The van der Waals surface area contributed by atoms with E-state index in [1.165, 1.54) is 0 Å². The zero-order chi connectivity index (χ0) is 13.9. The number of aliphatic hydroxyl groups is 1. The molecule has 0 spiro atoms. The van der Waals surface area contributed by atoms with Crippen molar-refractivity contribution in [2.45, 2.75) is 52.2 Å². The SMILES string of the molecule is CC1C(=O)OC2C1CCC1(C)C(O)CC(=O)C(C)C21. The van der Waals surface area contributed by atoms with Crippen molar-refractivity contribution in [2.24, 2.45) is 29.1 Å². The topological polar surface area (TPSA) is 63.6 Å².